The smallest absolute Gasteiger partial charge is 0.215 e. The number of anilines is 1. The number of nitrogens with one attached hydrogen (secondary N) is 2. The first-order chi connectivity index (χ1) is 8.79. The van der Waals surface area contributed by atoms with Gasteiger partial charge in [0, 0.05) is 11.9 Å². The zero-order valence-electron chi connectivity index (χ0n) is 10.1. The van der Waals surface area contributed by atoms with E-state index in [1.807, 2.05) is 49.4 Å². The van der Waals surface area contributed by atoms with Gasteiger partial charge in [-0.25, -0.2) is 10.8 Å². The summed E-state index contributed by atoms with van der Waals surface area (Å²) in [6, 6.07) is 13.4. The van der Waals surface area contributed by atoms with Gasteiger partial charge >= 0.3 is 0 Å². The van der Waals surface area contributed by atoms with Gasteiger partial charge in [0.2, 0.25) is 5.96 Å². The molecule has 5 heteroatoms. The van der Waals surface area contributed by atoms with Crippen LogP contribution in [0.2, 0.25) is 0 Å². The molecule has 0 amide bonds. The zero-order chi connectivity index (χ0) is 12.8. The van der Waals surface area contributed by atoms with Gasteiger partial charge in [0.1, 0.15) is 0 Å². The van der Waals surface area contributed by atoms with Crippen LogP contribution < -0.4 is 16.6 Å². The molecule has 0 radical (unpaired) electrons. The summed E-state index contributed by atoms with van der Waals surface area (Å²) in [5.41, 5.74) is 5.07. The quantitative estimate of drug-likeness (QED) is 0.325. The van der Waals surface area contributed by atoms with Crippen LogP contribution in [0.25, 0.3) is 0 Å². The number of aromatic nitrogens is 1. The largest absolute Gasteiger partial charge is 0.325 e. The monoisotopic (exact) mass is 241 g/mol. The number of nitrogens with zero attached hydrogens (tertiary/aromatic N) is 2. The fourth-order valence-electron chi connectivity index (χ4n) is 1.47. The third-order valence-corrected chi connectivity index (χ3v) is 2.38. The lowest BCUT2D eigenvalue weighted by Crippen LogP contribution is -2.36. The van der Waals surface area contributed by atoms with E-state index in [9.17, 15) is 0 Å². The Kier molecular flexibility index (Phi) is 3.88. The van der Waals surface area contributed by atoms with Crippen molar-refractivity contribution in [1.82, 2.24) is 10.4 Å². The molecule has 0 unspecified atom stereocenters. The molecule has 1 aromatic heterocycles. The van der Waals surface area contributed by atoms with Crippen LogP contribution in [0, 0.1) is 6.92 Å². The van der Waals surface area contributed by atoms with E-state index >= 15 is 0 Å². The van der Waals surface area contributed by atoms with Crippen molar-refractivity contribution in [3.8, 4) is 0 Å². The fourth-order valence-corrected chi connectivity index (χ4v) is 1.47. The molecule has 0 saturated heterocycles. The Morgan fingerprint density at radius 2 is 1.94 bits per heavy atom. The Labute approximate surface area is 106 Å². The van der Waals surface area contributed by atoms with Crippen LogP contribution in [0.4, 0.5) is 11.4 Å². The van der Waals surface area contributed by atoms with Crippen molar-refractivity contribution in [3.05, 3.63) is 54.4 Å². The number of para-hydroxylation sites is 1. The van der Waals surface area contributed by atoms with Crippen molar-refractivity contribution in [2.24, 2.45) is 10.8 Å². The standard InChI is InChI=1S/C13H15N5/c1-10-12(8-5-9-15-10)17-13(18-14)16-11-6-3-2-4-7-11/h2-9H,14H2,1H3,(H2,16,17,18). The van der Waals surface area contributed by atoms with Crippen LogP contribution in [-0.2, 0) is 0 Å². The molecule has 18 heavy (non-hydrogen) atoms. The number of pyridine rings is 1. The highest BCUT2D eigenvalue weighted by molar-refractivity contribution is 5.94. The maximum Gasteiger partial charge on any atom is 0.215 e. The predicted octanol–water partition coefficient (Wildman–Crippen LogP) is 1.95. The lowest BCUT2D eigenvalue weighted by molar-refractivity contribution is 1.02. The van der Waals surface area contributed by atoms with Crippen molar-refractivity contribution >= 4 is 17.3 Å². The Bertz CT molecular complexity index is 536. The minimum absolute atomic E-state index is 0.470. The number of hydrogen-bond donors (Lipinski definition) is 3. The van der Waals surface area contributed by atoms with Crippen molar-refractivity contribution in [1.29, 1.82) is 0 Å². The Balaban J connectivity index is 2.21. The molecule has 0 saturated carbocycles. The number of guanidine groups is 1. The SMILES string of the molecule is Cc1ncccc1N=C(NN)Nc1ccccc1. The number of rotatable bonds is 2. The van der Waals surface area contributed by atoms with Gasteiger partial charge < -0.3 is 5.32 Å². The summed E-state index contributed by atoms with van der Waals surface area (Å²) in [6.07, 6.45) is 1.73. The zero-order valence-corrected chi connectivity index (χ0v) is 10.1. The first-order valence-electron chi connectivity index (χ1n) is 5.58. The summed E-state index contributed by atoms with van der Waals surface area (Å²) in [5, 5.41) is 3.09. The van der Waals surface area contributed by atoms with Gasteiger partial charge in [-0.15, -0.1) is 0 Å². The van der Waals surface area contributed by atoms with Crippen molar-refractivity contribution in [2.45, 2.75) is 6.92 Å². The van der Waals surface area contributed by atoms with E-state index in [-0.39, 0.29) is 0 Å². The minimum atomic E-state index is 0.470. The molecule has 0 bridgehead atoms. The summed E-state index contributed by atoms with van der Waals surface area (Å²) in [5.74, 6) is 5.92. The topological polar surface area (TPSA) is 75.3 Å². The van der Waals surface area contributed by atoms with E-state index in [1.54, 1.807) is 6.20 Å². The van der Waals surface area contributed by atoms with Crippen LogP contribution in [0.15, 0.2) is 53.7 Å². The number of hydrazine groups is 1. The summed E-state index contributed by atoms with van der Waals surface area (Å²) in [7, 11) is 0. The molecule has 1 aromatic carbocycles. The first kappa shape index (κ1) is 12.1. The van der Waals surface area contributed by atoms with Crippen LogP contribution in [0.3, 0.4) is 0 Å². The number of aliphatic imine (C=N–C) groups is 1. The van der Waals surface area contributed by atoms with Crippen molar-refractivity contribution < 1.29 is 0 Å². The fraction of sp³-hybridized carbons (Fsp3) is 0.0769. The maximum atomic E-state index is 5.45. The highest BCUT2D eigenvalue weighted by Crippen LogP contribution is 2.15. The normalized spacial score (nSPS) is 11.1. The van der Waals surface area contributed by atoms with Gasteiger partial charge in [-0.1, -0.05) is 18.2 Å². The Morgan fingerprint density at radius 1 is 1.17 bits per heavy atom. The molecule has 0 aliphatic carbocycles. The molecule has 5 nitrogen and oxygen atoms in total. The molecule has 2 aromatic rings. The number of benzene rings is 1. The molecule has 0 aliphatic heterocycles. The Morgan fingerprint density at radius 3 is 2.61 bits per heavy atom. The van der Waals surface area contributed by atoms with Crippen LogP contribution in [-0.4, -0.2) is 10.9 Å². The van der Waals surface area contributed by atoms with Gasteiger partial charge in [0.15, 0.2) is 0 Å². The molecular weight excluding hydrogens is 226 g/mol. The van der Waals surface area contributed by atoms with Gasteiger partial charge in [-0.2, -0.15) is 0 Å². The highest BCUT2D eigenvalue weighted by Gasteiger charge is 2.00. The van der Waals surface area contributed by atoms with Crippen LogP contribution in [0.5, 0.6) is 0 Å². The lowest BCUT2D eigenvalue weighted by Gasteiger charge is -2.09. The average Bonchev–Trinajstić information content (AvgIpc) is 2.41. The van der Waals surface area contributed by atoms with Crippen molar-refractivity contribution in [3.63, 3.8) is 0 Å². The second-order valence-electron chi connectivity index (χ2n) is 3.70. The number of nitrogens with two attached hydrogens (primary N) is 1. The number of hydrogen-bond acceptors (Lipinski definition) is 3. The molecule has 0 aliphatic rings. The maximum absolute atomic E-state index is 5.45. The van der Waals surface area contributed by atoms with E-state index in [0.29, 0.717) is 5.96 Å². The summed E-state index contributed by atoms with van der Waals surface area (Å²) in [4.78, 5) is 8.55. The molecule has 92 valence electrons. The van der Waals surface area contributed by atoms with E-state index in [0.717, 1.165) is 17.1 Å². The molecule has 4 N–H and O–H groups in total. The lowest BCUT2D eigenvalue weighted by atomic mass is 10.3. The van der Waals surface area contributed by atoms with E-state index in [4.69, 9.17) is 5.84 Å². The minimum Gasteiger partial charge on any atom is -0.325 e. The second-order valence-corrected chi connectivity index (χ2v) is 3.70. The van der Waals surface area contributed by atoms with Crippen molar-refractivity contribution in [2.75, 3.05) is 5.32 Å². The molecule has 2 rings (SSSR count). The highest BCUT2D eigenvalue weighted by atomic mass is 15.3. The number of aryl methyl sites for hydroxylation is 1. The van der Waals surface area contributed by atoms with Gasteiger partial charge in [0.05, 0.1) is 11.4 Å². The molecule has 0 spiro atoms. The predicted molar refractivity (Wildman–Crippen MR) is 73.5 cm³/mol. The Hall–Kier alpha value is -2.40. The third kappa shape index (κ3) is 3.05. The van der Waals surface area contributed by atoms with Crippen LogP contribution in [0.1, 0.15) is 5.69 Å². The van der Waals surface area contributed by atoms with E-state index < -0.39 is 0 Å². The van der Waals surface area contributed by atoms with E-state index in [1.165, 1.54) is 0 Å². The molecular formula is C13H15N5. The summed E-state index contributed by atoms with van der Waals surface area (Å²) < 4.78 is 0. The van der Waals surface area contributed by atoms with Gasteiger partial charge in [-0.05, 0) is 31.2 Å². The van der Waals surface area contributed by atoms with E-state index in [2.05, 4.69) is 20.7 Å². The molecule has 0 atom stereocenters. The van der Waals surface area contributed by atoms with Gasteiger partial charge in [0.25, 0.3) is 0 Å². The molecule has 1 heterocycles. The second kappa shape index (κ2) is 5.79. The van der Waals surface area contributed by atoms with Gasteiger partial charge in [-0.3, -0.25) is 10.4 Å². The molecule has 0 fully saturated rings. The summed E-state index contributed by atoms with van der Waals surface area (Å²) >= 11 is 0. The van der Waals surface area contributed by atoms with Crippen LogP contribution >= 0.6 is 0 Å². The summed E-state index contributed by atoms with van der Waals surface area (Å²) in [6.45, 7) is 1.90. The first-order valence-corrected chi connectivity index (χ1v) is 5.58. The average molecular weight is 241 g/mol. The third-order valence-electron chi connectivity index (χ3n) is 2.38.